The van der Waals surface area contributed by atoms with Gasteiger partial charge in [0.15, 0.2) is 5.11 Å². The number of benzene rings is 2. The molecule has 9 heteroatoms. The maximum absolute atomic E-state index is 12.9. The summed E-state index contributed by atoms with van der Waals surface area (Å²) < 4.78 is 6.90. The van der Waals surface area contributed by atoms with Gasteiger partial charge in [-0.15, -0.1) is 0 Å². The summed E-state index contributed by atoms with van der Waals surface area (Å²) in [4.78, 5) is 31.5. The van der Waals surface area contributed by atoms with Crippen molar-refractivity contribution in [2.45, 2.75) is 25.4 Å². The minimum atomic E-state index is -0.384. The van der Waals surface area contributed by atoms with E-state index in [2.05, 4.69) is 25.1 Å². The lowest BCUT2D eigenvalue weighted by atomic mass is 10.0. The van der Waals surface area contributed by atoms with E-state index in [9.17, 15) is 9.59 Å². The molecule has 2 atom stereocenters. The Balaban J connectivity index is 1.44. The number of amides is 1. The van der Waals surface area contributed by atoms with Crippen LogP contribution in [-0.4, -0.2) is 45.1 Å². The molecule has 1 saturated heterocycles. The van der Waals surface area contributed by atoms with Crippen molar-refractivity contribution in [1.29, 1.82) is 0 Å². The van der Waals surface area contributed by atoms with Crippen molar-refractivity contribution in [2.24, 2.45) is 0 Å². The number of para-hydroxylation sites is 1. The van der Waals surface area contributed by atoms with Gasteiger partial charge in [-0.25, -0.2) is 4.79 Å². The van der Waals surface area contributed by atoms with Gasteiger partial charge in [0, 0.05) is 42.4 Å². The van der Waals surface area contributed by atoms with E-state index < -0.39 is 0 Å². The number of methoxy groups -OCH3 is 1. The van der Waals surface area contributed by atoms with Gasteiger partial charge in [-0.05, 0) is 79.3 Å². The molecular weight excluding hydrogens is 510 g/mol. The van der Waals surface area contributed by atoms with Crippen molar-refractivity contribution in [1.82, 2.24) is 19.8 Å². The number of carbonyl (C=O) groups is 2. The van der Waals surface area contributed by atoms with Gasteiger partial charge in [0.05, 0.1) is 30.5 Å². The molecule has 1 aliphatic heterocycles. The number of nitrogens with zero attached hydrogens (tertiary/aromatic N) is 3. The summed E-state index contributed by atoms with van der Waals surface area (Å²) in [6.07, 6.45) is 4.00. The van der Waals surface area contributed by atoms with Crippen LogP contribution >= 0.6 is 12.2 Å². The predicted molar refractivity (Wildman–Crippen MR) is 154 cm³/mol. The molecule has 0 aliphatic carbocycles. The highest BCUT2D eigenvalue weighted by atomic mass is 32.1. The molecule has 39 heavy (non-hydrogen) atoms. The van der Waals surface area contributed by atoms with Crippen LogP contribution in [-0.2, 0) is 9.53 Å². The second-order valence-electron chi connectivity index (χ2n) is 9.27. The normalized spacial score (nSPS) is 16.6. The molecule has 0 bridgehead atoms. The van der Waals surface area contributed by atoms with Gasteiger partial charge in [0.25, 0.3) is 0 Å². The number of esters is 1. The molecule has 1 aliphatic rings. The van der Waals surface area contributed by atoms with Crippen LogP contribution in [0.25, 0.3) is 5.69 Å². The number of nitrogens with one attached hydrogen (secondary N) is 2. The summed E-state index contributed by atoms with van der Waals surface area (Å²) >= 11 is 5.78. The van der Waals surface area contributed by atoms with Crippen LogP contribution in [0.1, 0.15) is 45.8 Å². The van der Waals surface area contributed by atoms with Gasteiger partial charge in [-0.1, -0.05) is 24.3 Å². The number of pyridine rings is 1. The third-order valence-electron chi connectivity index (χ3n) is 6.85. The zero-order valence-electron chi connectivity index (χ0n) is 21.7. The number of aryl methyl sites for hydroxylation is 1. The molecule has 0 radical (unpaired) electrons. The molecule has 1 fully saturated rings. The van der Waals surface area contributed by atoms with Crippen molar-refractivity contribution in [3.63, 3.8) is 0 Å². The van der Waals surface area contributed by atoms with Gasteiger partial charge < -0.3 is 24.8 Å². The Morgan fingerprint density at radius 2 is 1.79 bits per heavy atom. The lowest BCUT2D eigenvalue weighted by molar-refractivity contribution is -0.116. The highest BCUT2D eigenvalue weighted by Gasteiger charge is 2.41. The smallest absolute Gasteiger partial charge is 0.337 e. The maximum Gasteiger partial charge on any atom is 0.337 e. The number of hydrogen-bond acceptors (Lipinski definition) is 5. The minimum absolute atomic E-state index is 0.0825. The first-order valence-corrected chi connectivity index (χ1v) is 13.1. The number of hydrogen-bond donors (Lipinski definition) is 2. The van der Waals surface area contributed by atoms with Gasteiger partial charge in [0.2, 0.25) is 5.91 Å². The number of thiocarbonyl (C=S) groups is 1. The summed E-state index contributed by atoms with van der Waals surface area (Å²) in [5, 5.41) is 7.02. The van der Waals surface area contributed by atoms with Crippen LogP contribution in [0.5, 0.6) is 0 Å². The number of aromatic nitrogens is 2. The second-order valence-corrected chi connectivity index (χ2v) is 9.66. The van der Waals surface area contributed by atoms with E-state index in [-0.39, 0.29) is 30.4 Å². The highest BCUT2D eigenvalue weighted by molar-refractivity contribution is 7.80. The first-order chi connectivity index (χ1) is 19.0. The standard InChI is InChI=1S/C30H29N5O3S/c1-20-8-3-4-9-23(20)32-26(36)16-19-35-28(27(33-30(35)39)24-10-5-6-17-31-24)25-11-7-18-34(25)22-14-12-21(13-15-22)29(37)38-2/h3-15,17-18,27-28H,16,19H2,1-2H3,(H,32,36)(H,33,39). The maximum atomic E-state index is 12.9. The molecule has 8 nitrogen and oxygen atoms in total. The molecule has 2 N–H and O–H groups in total. The van der Waals surface area contributed by atoms with Crippen molar-refractivity contribution < 1.29 is 14.3 Å². The van der Waals surface area contributed by atoms with E-state index in [1.165, 1.54) is 7.11 Å². The largest absolute Gasteiger partial charge is 0.465 e. The van der Waals surface area contributed by atoms with Crippen LogP contribution in [0.15, 0.2) is 91.3 Å². The zero-order valence-corrected chi connectivity index (χ0v) is 22.5. The van der Waals surface area contributed by atoms with Crippen LogP contribution in [0.2, 0.25) is 0 Å². The van der Waals surface area contributed by atoms with Gasteiger partial charge >= 0.3 is 5.97 Å². The molecule has 4 aromatic rings. The predicted octanol–water partition coefficient (Wildman–Crippen LogP) is 4.97. The highest BCUT2D eigenvalue weighted by Crippen LogP contribution is 2.39. The molecule has 2 aromatic carbocycles. The molecule has 0 saturated carbocycles. The minimum Gasteiger partial charge on any atom is -0.465 e. The van der Waals surface area contributed by atoms with E-state index in [1.807, 2.05) is 79.9 Å². The van der Waals surface area contributed by atoms with Crippen LogP contribution < -0.4 is 10.6 Å². The van der Waals surface area contributed by atoms with E-state index in [4.69, 9.17) is 17.0 Å². The third kappa shape index (κ3) is 5.53. The molecule has 1 amide bonds. The fraction of sp³-hybridized carbons (Fsp3) is 0.200. The summed E-state index contributed by atoms with van der Waals surface area (Å²) in [5.74, 6) is -0.467. The Hall–Kier alpha value is -4.50. The SMILES string of the molecule is COC(=O)c1ccc(-n2cccc2C2C(c3ccccn3)NC(=S)N2CCC(=O)Nc2ccccc2C)cc1. The first-order valence-electron chi connectivity index (χ1n) is 12.7. The quantitative estimate of drug-likeness (QED) is 0.241. The number of carbonyl (C=O) groups excluding carboxylic acids is 2. The Morgan fingerprint density at radius 3 is 2.51 bits per heavy atom. The summed E-state index contributed by atoms with van der Waals surface area (Å²) in [5.41, 5.74) is 5.00. The van der Waals surface area contributed by atoms with E-state index in [0.717, 1.165) is 28.3 Å². The van der Waals surface area contributed by atoms with Crippen LogP contribution in [0.4, 0.5) is 5.69 Å². The topological polar surface area (TPSA) is 88.5 Å². The summed E-state index contributed by atoms with van der Waals surface area (Å²) in [6, 6.07) is 24.3. The average molecular weight is 540 g/mol. The molecule has 198 valence electrons. The Labute approximate surface area is 232 Å². The fourth-order valence-electron chi connectivity index (χ4n) is 4.86. The van der Waals surface area contributed by atoms with E-state index >= 15 is 0 Å². The molecular formula is C30H29N5O3S. The zero-order chi connectivity index (χ0) is 27.4. The average Bonchev–Trinajstić information content (AvgIpc) is 3.57. The lowest BCUT2D eigenvalue weighted by Crippen LogP contribution is -2.33. The molecule has 0 spiro atoms. The molecule has 3 heterocycles. The van der Waals surface area contributed by atoms with E-state index in [1.54, 1.807) is 18.3 Å². The third-order valence-corrected chi connectivity index (χ3v) is 7.20. The Morgan fingerprint density at radius 1 is 1.03 bits per heavy atom. The monoisotopic (exact) mass is 539 g/mol. The lowest BCUT2D eigenvalue weighted by Gasteiger charge is -2.29. The van der Waals surface area contributed by atoms with Gasteiger partial charge in [0.1, 0.15) is 0 Å². The van der Waals surface area contributed by atoms with Crippen LogP contribution in [0.3, 0.4) is 0 Å². The summed E-state index contributed by atoms with van der Waals surface area (Å²) in [7, 11) is 1.36. The Bertz CT molecular complexity index is 1490. The van der Waals surface area contributed by atoms with E-state index in [0.29, 0.717) is 17.2 Å². The van der Waals surface area contributed by atoms with Crippen molar-refractivity contribution in [2.75, 3.05) is 19.0 Å². The van der Waals surface area contributed by atoms with Crippen molar-refractivity contribution in [3.05, 3.63) is 114 Å². The van der Waals surface area contributed by atoms with Gasteiger partial charge in [-0.2, -0.15) is 0 Å². The van der Waals surface area contributed by atoms with Crippen molar-refractivity contribution in [3.8, 4) is 5.69 Å². The number of ether oxygens (including phenoxy) is 1. The van der Waals surface area contributed by atoms with Crippen molar-refractivity contribution >= 4 is 34.9 Å². The number of anilines is 1. The molecule has 2 unspecified atom stereocenters. The van der Waals surface area contributed by atoms with Crippen LogP contribution in [0, 0.1) is 6.92 Å². The second kappa shape index (κ2) is 11.5. The molecule has 5 rings (SSSR count). The Kier molecular flexibility index (Phi) is 7.69. The van der Waals surface area contributed by atoms with Gasteiger partial charge in [-0.3, -0.25) is 9.78 Å². The summed E-state index contributed by atoms with van der Waals surface area (Å²) in [6.45, 7) is 2.39. The number of rotatable bonds is 8. The molecule has 2 aromatic heterocycles. The fourth-order valence-corrected chi connectivity index (χ4v) is 5.19. The first kappa shape index (κ1) is 26.1.